The van der Waals surface area contributed by atoms with Crippen molar-refractivity contribution in [3.8, 4) is 0 Å². The van der Waals surface area contributed by atoms with Crippen LogP contribution in [-0.4, -0.2) is 22.1 Å². The van der Waals surface area contributed by atoms with Gasteiger partial charge in [-0.3, -0.25) is 10.1 Å². The highest BCUT2D eigenvalue weighted by atomic mass is 16.6. The van der Waals surface area contributed by atoms with Gasteiger partial charge in [-0.1, -0.05) is 36.4 Å². The second kappa shape index (κ2) is 7.17. The molecule has 0 atom stereocenters. The molecular weight excluding hydrogens is 319 g/mol. The van der Waals surface area contributed by atoms with Crippen LogP contribution in [-0.2, 0) is 0 Å². The third kappa shape index (κ3) is 3.52. The molecule has 25 heavy (non-hydrogen) atoms. The Labute approximate surface area is 144 Å². The molecule has 0 spiro atoms. The maximum Gasteiger partial charge on any atom is 0.495 e. The topological polar surface area (TPSA) is 86.8 Å². The summed E-state index contributed by atoms with van der Waals surface area (Å²) in [6, 6.07) is 23.3. The molecule has 0 amide bonds. The maximum absolute atomic E-state index is 11.1. The van der Waals surface area contributed by atoms with Crippen molar-refractivity contribution < 1.29 is 15.0 Å². The van der Waals surface area contributed by atoms with Crippen molar-refractivity contribution in [3.63, 3.8) is 0 Å². The first-order chi connectivity index (χ1) is 12.1. The fourth-order valence-corrected chi connectivity index (χ4v) is 2.66. The van der Waals surface area contributed by atoms with Crippen LogP contribution in [0.2, 0.25) is 0 Å². The van der Waals surface area contributed by atoms with Crippen LogP contribution in [0, 0.1) is 10.1 Å². The van der Waals surface area contributed by atoms with Gasteiger partial charge in [0.2, 0.25) is 0 Å². The van der Waals surface area contributed by atoms with E-state index in [2.05, 4.69) is 0 Å². The van der Waals surface area contributed by atoms with E-state index in [4.69, 9.17) is 0 Å². The summed E-state index contributed by atoms with van der Waals surface area (Å²) in [6.45, 7) is 0. The number of benzene rings is 3. The lowest BCUT2D eigenvalue weighted by Crippen LogP contribution is -2.32. The number of nitro groups is 1. The molecule has 124 valence electrons. The van der Waals surface area contributed by atoms with Gasteiger partial charge in [-0.15, -0.1) is 0 Å². The van der Waals surface area contributed by atoms with Gasteiger partial charge >= 0.3 is 7.12 Å². The number of rotatable bonds is 5. The molecule has 3 rings (SSSR count). The Morgan fingerprint density at radius 3 is 1.76 bits per heavy atom. The Morgan fingerprint density at radius 2 is 1.32 bits per heavy atom. The lowest BCUT2D eigenvalue weighted by molar-refractivity contribution is -0.383. The first-order valence-electron chi connectivity index (χ1n) is 7.62. The van der Waals surface area contributed by atoms with Gasteiger partial charge < -0.3 is 14.9 Å². The first-order valence-corrected chi connectivity index (χ1v) is 7.62. The van der Waals surface area contributed by atoms with E-state index in [1.54, 1.807) is 6.07 Å². The van der Waals surface area contributed by atoms with E-state index in [1.165, 1.54) is 12.1 Å². The zero-order chi connectivity index (χ0) is 17.8. The van der Waals surface area contributed by atoms with Crippen LogP contribution in [0.15, 0.2) is 78.9 Å². The van der Waals surface area contributed by atoms with Gasteiger partial charge in [0.1, 0.15) is 0 Å². The summed E-state index contributed by atoms with van der Waals surface area (Å²) in [5.74, 6) is 0. The molecule has 3 aromatic rings. The minimum absolute atomic E-state index is 0.153. The van der Waals surface area contributed by atoms with E-state index in [-0.39, 0.29) is 11.2 Å². The smallest absolute Gasteiger partial charge is 0.423 e. The quantitative estimate of drug-likeness (QED) is 0.426. The van der Waals surface area contributed by atoms with E-state index in [0.717, 1.165) is 11.4 Å². The van der Waals surface area contributed by atoms with Gasteiger partial charge in [-0.2, -0.15) is 0 Å². The van der Waals surface area contributed by atoms with E-state index in [9.17, 15) is 20.2 Å². The SMILES string of the molecule is O=[N+]([O-])c1ccc(N(c2ccccc2)c2ccccc2)cc1B(O)O. The van der Waals surface area contributed by atoms with Gasteiger partial charge in [0.05, 0.1) is 10.4 Å². The van der Waals surface area contributed by atoms with Crippen LogP contribution in [0.3, 0.4) is 0 Å². The van der Waals surface area contributed by atoms with Crippen LogP contribution < -0.4 is 10.4 Å². The fourth-order valence-electron chi connectivity index (χ4n) is 2.66. The average molecular weight is 334 g/mol. The Morgan fingerprint density at radius 1 is 0.800 bits per heavy atom. The van der Waals surface area contributed by atoms with Crippen LogP contribution in [0.25, 0.3) is 0 Å². The summed E-state index contributed by atoms with van der Waals surface area (Å²) in [5.41, 5.74) is 1.80. The van der Waals surface area contributed by atoms with Crippen molar-refractivity contribution in [2.24, 2.45) is 0 Å². The summed E-state index contributed by atoms with van der Waals surface area (Å²) in [4.78, 5) is 12.4. The standard InChI is InChI=1S/C18H15BN2O4/c22-19(23)17-13-16(11-12-18(17)21(24)25)20(14-7-3-1-4-8-14)15-9-5-2-6-10-15/h1-13,22-23H. The molecule has 2 N–H and O–H groups in total. The van der Waals surface area contributed by atoms with Crippen LogP contribution in [0.4, 0.5) is 22.7 Å². The van der Waals surface area contributed by atoms with Crippen molar-refractivity contribution in [2.45, 2.75) is 0 Å². The Bertz CT molecular complexity index is 833. The molecule has 3 aromatic carbocycles. The van der Waals surface area contributed by atoms with E-state index in [0.29, 0.717) is 5.69 Å². The summed E-state index contributed by atoms with van der Waals surface area (Å²) in [7, 11) is -1.94. The molecule has 0 saturated carbocycles. The predicted octanol–water partition coefficient (Wildman–Crippen LogP) is 2.74. The predicted molar refractivity (Wildman–Crippen MR) is 97.6 cm³/mol. The van der Waals surface area contributed by atoms with Gasteiger partial charge in [0.15, 0.2) is 0 Å². The molecule has 0 aliphatic heterocycles. The van der Waals surface area contributed by atoms with Crippen LogP contribution in [0.5, 0.6) is 0 Å². The van der Waals surface area contributed by atoms with E-state index in [1.807, 2.05) is 65.6 Å². The number of hydrogen-bond acceptors (Lipinski definition) is 5. The summed E-state index contributed by atoms with van der Waals surface area (Å²) >= 11 is 0. The third-order valence-electron chi connectivity index (χ3n) is 3.77. The average Bonchev–Trinajstić information content (AvgIpc) is 2.63. The zero-order valence-corrected chi connectivity index (χ0v) is 13.2. The minimum atomic E-state index is -1.94. The molecule has 0 heterocycles. The van der Waals surface area contributed by atoms with Crippen LogP contribution >= 0.6 is 0 Å². The molecule has 0 saturated heterocycles. The lowest BCUT2D eigenvalue weighted by Gasteiger charge is -2.25. The highest BCUT2D eigenvalue weighted by Crippen LogP contribution is 2.34. The van der Waals surface area contributed by atoms with Gasteiger partial charge in [0.25, 0.3) is 5.69 Å². The largest absolute Gasteiger partial charge is 0.495 e. The lowest BCUT2D eigenvalue weighted by atomic mass is 9.78. The third-order valence-corrected chi connectivity index (χ3v) is 3.77. The Hall–Kier alpha value is -3.16. The number of anilines is 3. The molecular formula is C18H15BN2O4. The van der Waals surface area contributed by atoms with Crippen molar-refractivity contribution in [1.82, 2.24) is 0 Å². The van der Waals surface area contributed by atoms with Gasteiger partial charge in [0, 0.05) is 23.1 Å². The Balaban J connectivity index is 2.17. The van der Waals surface area contributed by atoms with E-state index >= 15 is 0 Å². The molecule has 0 aromatic heterocycles. The van der Waals surface area contributed by atoms with Crippen molar-refractivity contribution in [1.29, 1.82) is 0 Å². The maximum atomic E-state index is 11.1. The highest BCUT2D eigenvalue weighted by Gasteiger charge is 2.25. The molecule has 7 heteroatoms. The molecule has 6 nitrogen and oxygen atoms in total. The number of nitro benzene ring substituents is 1. The first kappa shape index (κ1) is 16.7. The fraction of sp³-hybridized carbons (Fsp3) is 0. The summed E-state index contributed by atoms with van der Waals surface area (Å²) in [5, 5.41) is 30.2. The molecule has 0 aliphatic rings. The number of hydrogen-bond donors (Lipinski definition) is 2. The second-order valence-corrected chi connectivity index (χ2v) is 5.38. The monoisotopic (exact) mass is 334 g/mol. The van der Waals surface area contributed by atoms with Gasteiger partial charge in [-0.05, 0) is 36.4 Å². The minimum Gasteiger partial charge on any atom is -0.423 e. The summed E-state index contributed by atoms with van der Waals surface area (Å²) < 4.78 is 0. The van der Waals surface area contributed by atoms with E-state index < -0.39 is 12.0 Å². The van der Waals surface area contributed by atoms with Crippen molar-refractivity contribution >= 4 is 35.3 Å². The van der Waals surface area contributed by atoms with Crippen LogP contribution in [0.1, 0.15) is 0 Å². The number of nitrogens with zero attached hydrogens (tertiary/aromatic N) is 2. The Kier molecular flexibility index (Phi) is 4.79. The number of para-hydroxylation sites is 2. The zero-order valence-electron chi connectivity index (χ0n) is 13.2. The van der Waals surface area contributed by atoms with Crippen molar-refractivity contribution in [2.75, 3.05) is 4.90 Å². The second-order valence-electron chi connectivity index (χ2n) is 5.38. The summed E-state index contributed by atoms with van der Waals surface area (Å²) in [6.07, 6.45) is 0. The molecule has 0 unspecified atom stereocenters. The van der Waals surface area contributed by atoms with Crippen molar-refractivity contribution in [3.05, 3.63) is 89.0 Å². The highest BCUT2D eigenvalue weighted by molar-refractivity contribution is 6.60. The normalized spacial score (nSPS) is 10.3. The molecule has 0 radical (unpaired) electrons. The van der Waals surface area contributed by atoms with Gasteiger partial charge in [-0.25, -0.2) is 0 Å². The molecule has 0 bridgehead atoms. The molecule has 0 aliphatic carbocycles. The molecule has 0 fully saturated rings.